The minimum Gasteiger partial charge on any atom is -0.383 e. The van der Waals surface area contributed by atoms with Crippen LogP contribution in [0.15, 0.2) is 30.6 Å². The molecule has 1 amide bonds. The first-order chi connectivity index (χ1) is 9.79. The third kappa shape index (κ3) is 3.46. The van der Waals surface area contributed by atoms with Crippen molar-refractivity contribution in [1.82, 2.24) is 15.1 Å². The predicted molar refractivity (Wildman–Crippen MR) is 76.2 cm³/mol. The molecule has 2 aromatic rings. The summed E-state index contributed by atoms with van der Waals surface area (Å²) in [5.74, 6) is -0.888. The third-order valence-electron chi connectivity index (χ3n) is 3.36. The first-order valence-corrected chi connectivity index (χ1v) is 6.55. The van der Waals surface area contributed by atoms with Crippen molar-refractivity contribution in [2.24, 2.45) is 7.05 Å². The summed E-state index contributed by atoms with van der Waals surface area (Å²) < 4.78 is 14.8. The van der Waals surface area contributed by atoms with E-state index >= 15 is 0 Å². The van der Waals surface area contributed by atoms with E-state index in [4.69, 9.17) is 0 Å². The van der Waals surface area contributed by atoms with Crippen molar-refractivity contribution in [2.75, 3.05) is 6.54 Å². The molecule has 0 aliphatic rings. The molecular weight excluding hydrogens is 273 g/mol. The van der Waals surface area contributed by atoms with Crippen molar-refractivity contribution in [3.63, 3.8) is 0 Å². The smallest absolute Gasteiger partial charge is 0.251 e. The van der Waals surface area contributed by atoms with Crippen LogP contribution in [-0.4, -0.2) is 27.3 Å². The van der Waals surface area contributed by atoms with Gasteiger partial charge in [0.2, 0.25) is 0 Å². The monoisotopic (exact) mass is 291 g/mol. The molecule has 5 nitrogen and oxygen atoms in total. The number of halogens is 1. The Balaban J connectivity index is 2.08. The van der Waals surface area contributed by atoms with Crippen LogP contribution in [0.2, 0.25) is 0 Å². The molecule has 112 valence electrons. The highest BCUT2D eigenvalue weighted by molar-refractivity contribution is 5.95. The minimum atomic E-state index is -1.24. The summed E-state index contributed by atoms with van der Waals surface area (Å²) in [7, 11) is 1.74. The lowest BCUT2D eigenvalue weighted by molar-refractivity contribution is 0.0525. The van der Waals surface area contributed by atoms with Crippen molar-refractivity contribution in [2.45, 2.75) is 19.4 Å². The Morgan fingerprint density at radius 3 is 2.86 bits per heavy atom. The zero-order valence-electron chi connectivity index (χ0n) is 12.2. The van der Waals surface area contributed by atoms with E-state index in [2.05, 4.69) is 10.4 Å². The summed E-state index contributed by atoms with van der Waals surface area (Å²) in [6.07, 6.45) is 3.22. The highest BCUT2D eigenvalue weighted by Gasteiger charge is 2.25. The van der Waals surface area contributed by atoms with Gasteiger partial charge in [0, 0.05) is 24.4 Å². The standard InChI is InChI=1S/C15H18FN3O2/c1-10-4-5-12(16)6-13(10)14(20)17-9-15(2,21)11-7-18-19(3)8-11/h4-8,21H,9H2,1-3H3,(H,17,20). The molecule has 2 rings (SSSR count). The molecule has 1 atom stereocenters. The Morgan fingerprint density at radius 1 is 1.52 bits per heavy atom. The predicted octanol–water partition coefficient (Wildman–Crippen LogP) is 1.51. The first kappa shape index (κ1) is 15.2. The lowest BCUT2D eigenvalue weighted by Gasteiger charge is -2.22. The lowest BCUT2D eigenvalue weighted by atomic mass is 9.99. The highest BCUT2D eigenvalue weighted by Crippen LogP contribution is 2.19. The van der Waals surface area contributed by atoms with E-state index in [0.29, 0.717) is 11.1 Å². The molecule has 0 radical (unpaired) electrons. The second kappa shape index (κ2) is 5.65. The van der Waals surface area contributed by atoms with Crippen LogP contribution >= 0.6 is 0 Å². The maximum absolute atomic E-state index is 13.2. The van der Waals surface area contributed by atoms with Gasteiger partial charge in [0.1, 0.15) is 11.4 Å². The average molecular weight is 291 g/mol. The number of carbonyl (C=O) groups excluding carboxylic acids is 1. The van der Waals surface area contributed by atoms with Crippen LogP contribution in [0, 0.1) is 12.7 Å². The normalized spacial score (nSPS) is 13.8. The Labute approximate surface area is 122 Å². The van der Waals surface area contributed by atoms with Crippen LogP contribution in [0.5, 0.6) is 0 Å². The molecule has 1 unspecified atom stereocenters. The Bertz CT molecular complexity index is 665. The maximum Gasteiger partial charge on any atom is 0.251 e. The molecule has 6 heteroatoms. The van der Waals surface area contributed by atoms with Crippen molar-refractivity contribution in [3.8, 4) is 0 Å². The van der Waals surface area contributed by atoms with Gasteiger partial charge in [-0.25, -0.2) is 4.39 Å². The Kier molecular flexibility index (Phi) is 4.09. The molecule has 0 spiro atoms. The second-order valence-electron chi connectivity index (χ2n) is 5.32. The summed E-state index contributed by atoms with van der Waals surface area (Å²) in [5, 5.41) is 17.0. The number of rotatable bonds is 4. The highest BCUT2D eigenvalue weighted by atomic mass is 19.1. The Hall–Kier alpha value is -2.21. The first-order valence-electron chi connectivity index (χ1n) is 6.55. The lowest BCUT2D eigenvalue weighted by Crippen LogP contribution is -2.38. The van der Waals surface area contributed by atoms with E-state index < -0.39 is 17.3 Å². The molecule has 1 aromatic carbocycles. The Morgan fingerprint density at radius 2 is 2.24 bits per heavy atom. The number of hydrogen-bond donors (Lipinski definition) is 2. The molecule has 0 saturated heterocycles. The van der Waals surface area contributed by atoms with Crippen molar-refractivity contribution >= 4 is 5.91 Å². The van der Waals surface area contributed by atoms with Gasteiger partial charge in [0.05, 0.1) is 12.7 Å². The number of nitrogens with zero attached hydrogens (tertiary/aromatic N) is 2. The van der Waals surface area contributed by atoms with E-state index in [1.165, 1.54) is 12.1 Å². The van der Waals surface area contributed by atoms with Gasteiger partial charge in [-0.1, -0.05) is 6.07 Å². The quantitative estimate of drug-likeness (QED) is 0.897. The zero-order chi connectivity index (χ0) is 15.6. The summed E-state index contributed by atoms with van der Waals surface area (Å²) in [4.78, 5) is 12.1. The van der Waals surface area contributed by atoms with Crippen molar-refractivity contribution < 1.29 is 14.3 Å². The molecule has 1 aromatic heterocycles. The van der Waals surface area contributed by atoms with E-state index in [1.54, 1.807) is 44.0 Å². The fraction of sp³-hybridized carbons (Fsp3) is 0.333. The minimum absolute atomic E-state index is 0.00742. The number of aliphatic hydroxyl groups is 1. The van der Waals surface area contributed by atoms with E-state index in [9.17, 15) is 14.3 Å². The summed E-state index contributed by atoms with van der Waals surface area (Å²) >= 11 is 0. The molecule has 1 heterocycles. The number of carbonyl (C=O) groups is 1. The number of aromatic nitrogens is 2. The van der Waals surface area contributed by atoms with Crippen LogP contribution in [0.3, 0.4) is 0 Å². The number of benzene rings is 1. The SMILES string of the molecule is Cc1ccc(F)cc1C(=O)NCC(C)(O)c1cnn(C)c1. The molecule has 0 aliphatic carbocycles. The van der Waals surface area contributed by atoms with Crippen LogP contribution in [-0.2, 0) is 12.6 Å². The van der Waals surface area contributed by atoms with Crippen molar-refractivity contribution in [3.05, 3.63) is 53.1 Å². The molecule has 2 N–H and O–H groups in total. The topological polar surface area (TPSA) is 67.2 Å². The summed E-state index contributed by atoms with van der Waals surface area (Å²) in [6.45, 7) is 3.32. The van der Waals surface area contributed by atoms with E-state index in [-0.39, 0.29) is 12.1 Å². The van der Waals surface area contributed by atoms with Gasteiger partial charge < -0.3 is 10.4 Å². The van der Waals surface area contributed by atoms with Gasteiger partial charge in [0.25, 0.3) is 5.91 Å². The van der Waals surface area contributed by atoms with Gasteiger partial charge in [-0.2, -0.15) is 5.10 Å². The summed E-state index contributed by atoms with van der Waals surface area (Å²) in [6, 6.07) is 4.03. The van der Waals surface area contributed by atoms with Crippen LogP contribution in [0.4, 0.5) is 4.39 Å². The number of nitrogens with one attached hydrogen (secondary N) is 1. The summed E-state index contributed by atoms with van der Waals surface area (Å²) in [5.41, 5.74) is 0.290. The largest absolute Gasteiger partial charge is 0.383 e. The number of hydrogen-bond acceptors (Lipinski definition) is 3. The van der Waals surface area contributed by atoms with Crippen LogP contribution in [0.1, 0.15) is 28.4 Å². The van der Waals surface area contributed by atoms with Gasteiger partial charge in [-0.15, -0.1) is 0 Å². The fourth-order valence-corrected chi connectivity index (χ4v) is 1.99. The average Bonchev–Trinajstić information content (AvgIpc) is 2.86. The van der Waals surface area contributed by atoms with Crippen LogP contribution in [0.25, 0.3) is 0 Å². The fourth-order valence-electron chi connectivity index (χ4n) is 1.99. The van der Waals surface area contributed by atoms with Gasteiger partial charge in [0.15, 0.2) is 0 Å². The molecule has 0 fully saturated rings. The number of aryl methyl sites for hydroxylation is 2. The van der Waals surface area contributed by atoms with Crippen molar-refractivity contribution in [1.29, 1.82) is 0 Å². The van der Waals surface area contributed by atoms with E-state index in [1.807, 2.05) is 0 Å². The maximum atomic E-state index is 13.2. The molecular formula is C15H18FN3O2. The zero-order valence-corrected chi connectivity index (χ0v) is 12.2. The number of amides is 1. The van der Waals surface area contributed by atoms with Crippen LogP contribution < -0.4 is 5.32 Å². The molecule has 21 heavy (non-hydrogen) atoms. The second-order valence-corrected chi connectivity index (χ2v) is 5.32. The molecule has 0 saturated carbocycles. The van der Waals surface area contributed by atoms with E-state index in [0.717, 1.165) is 0 Å². The third-order valence-corrected chi connectivity index (χ3v) is 3.36. The van der Waals surface area contributed by atoms with Gasteiger partial charge in [-0.3, -0.25) is 9.48 Å². The van der Waals surface area contributed by atoms with Gasteiger partial charge >= 0.3 is 0 Å². The molecule has 0 bridgehead atoms. The molecule has 0 aliphatic heterocycles. The van der Waals surface area contributed by atoms with Gasteiger partial charge in [-0.05, 0) is 31.5 Å².